The maximum absolute atomic E-state index is 14.4. The van der Waals surface area contributed by atoms with Crippen LogP contribution in [0.3, 0.4) is 0 Å². The van der Waals surface area contributed by atoms with E-state index in [-0.39, 0.29) is 17.6 Å². The molecule has 2 N–H and O–H groups in total. The fourth-order valence-corrected chi connectivity index (χ4v) is 4.24. The van der Waals surface area contributed by atoms with Crippen molar-refractivity contribution in [2.45, 2.75) is 38.8 Å². The maximum atomic E-state index is 14.4. The Hall–Kier alpha value is -4.44. The maximum Gasteiger partial charge on any atom is 0.201 e. The summed E-state index contributed by atoms with van der Waals surface area (Å²) in [5.74, 6) is 5.70. The van der Waals surface area contributed by atoms with E-state index in [4.69, 9.17) is 20.8 Å². The summed E-state index contributed by atoms with van der Waals surface area (Å²) in [6, 6.07) is 12.0. The summed E-state index contributed by atoms with van der Waals surface area (Å²) in [4.78, 5) is 10.9. The van der Waals surface area contributed by atoms with Gasteiger partial charge in [-0.3, -0.25) is 9.39 Å². The third kappa shape index (κ3) is 4.92. The van der Waals surface area contributed by atoms with Gasteiger partial charge in [-0.05, 0) is 38.8 Å². The Labute approximate surface area is 202 Å². The van der Waals surface area contributed by atoms with E-state index in [1.807, 2.05) is 6.92 Å². The topological polar surface area (TPSA) is 128 Å². The van der Waals surface area contributed by atoms with E-state index in [2.05, 4.69) is 22.3 Å². The van der Waals surface area contributed by atoms with E-state index in [9.17, 15) is 9.65 Å². The summed E-state index contributed by atoms with van der Waals surface area (Å²) in [5, 5.41) is 22.6. The highest BCUT2D eigenvalue weighted by Crippen LogP contribution is 2.27. The summed E-state index contributed by atoms with van der Waals surface area (Å²) in [7, 11) is 0. The Morgan fingerprint density at radius 3 is 2.66 bits per heavy atom. The van der Waals surface area contributed by atoms with Crippen LogP contribution < -0.4 is 10.6 Å². The van der Waals surface area contributed by atoms with Crippen molar-refractivity contribution >= 4 is 17.1 Å². The number of aromatic nitrogens is 2. The number of nitrogens with zero attached hydrogens (tertiary/aromatic N) is 7. The highest BCUT2D eigenvalue weighted by molar-refractivity contribution is 6.47. The van der Waals surface area contributed by atoms with Gasteiger partial charge in [0.05, 0.1) is 18.0 Å². The molecule has 0 spiro atoms. The minimum Gasteiger partial charge on any atom is -0.471 e. The molecule has 3 aromatic rings. The van der Waals surface area contributed by atoms with Crippen molar-refractivity contribution in [3.63, 3.8) is 0 Å². The predicted molar refractivity (Wildman–Crippen MR) is 129 cm³/mol. The van der Waals surface area contributed by atoms with Crippen molar-refractivity contribution in [3.05, 3.63) is 65.2 Å². The number of benzene rings is 1. The smallest absolute Gasteiger partial charge is 0.201 e. The molecule has 1 aliphatic rings. The molecule has 0 amide bonds. The molecule has 0 aliphatic carbocycles. The first-order chi connectivity index (χ1) is 16.9. The molecule has 3 heterocycles. The number of nitrogens with two attached hydrogens (primary N) is 1. The van der Waals surface area contributed by atoms with Gasteiger partial charge in [-0.25, -0.2) is 9.37 Å². The average molecular weight is 473 g/mol. The zero-order valence-corrected chi connectivity index (χ0v) is 19.5. The summed E-state index contributed by atoms with van der Waals surface area (Å²) in [6.07, 6.45) is 4.51. The minimum absolute atomic E-state index is 0.0634. The van der Waals surface area contributed by atoms with Gasteiger partial charge in [-0.15, -0.1) is 0 Å². The summed E-state index contributed by atoms with van der Waals surface area (Å²) >= 11 is 0. The fourth-order valence-electron chi connectivity index (χ4n) is 4.24. The van der Waals surface area contributed by atoms with Gasteiger partial charge in [0.25, 0.3) is 0 Å². The number of rotatable bonds is 6. The summed E-state index contributed by atoms with van der Waals surface area (Å²) in [6.45, 7) is 4.89. The quantitative estimate of drug-likeness (QED) is 0.253. The molecule has 2 aromatic heterocycles. The van der Waals surface area contributed by atoms with Crippen LogP contribution in [0.15, 0.2) is 52.7 Å². The van der Waals surface area contributed by atoms with Crippen LogP contribution in [0, 0.1) is 28.6 Å². The van der Waals surface area contributed by atoms with Gasteiger partial charge >= 0.3 is 0 Å². The van der Waals surface area contributed by atoms with Crippen LogP contribution in [0.1, 0.15) is 49.6 Å². The standard InChI is InChI=1S/C25H25FN8O/c1-16(31-19-7-9-33(15-28)10-8-19)25(32-29)18-11-23-30-14-20(13-27)34(23)24(12-18)35-17(2)21-5-3-4-6-22(21)26/h3-6,11-12,14,17,19H,7-10,29H2,1-2H3/b31-16?,32-25+. The predicted octanol–water partition coefficient (Wildman–Crippen LogP) is 3.55. The third-order valence-electron chi connectivity index (χ3n) is 6.06. The molecule has 1 atom stereocenters. The number of hydrazone groups is 1. The molecule has 1 aliphatic heterocycles. The van der Waals surface area contributed by atoms with Gasteiger partial charge in [0.15, 0.2) is 6.19 Å². The van der Waals surface area contributed by atoms with E-state index >= 15 is 0 Å². The Kier molecular flexibility index (Phi) is 6.93. The highest BCUT2D eigenvalue weighted by atomic mass is 19.1. The third-order valence-corrected chi connectivity index (χ3v) is 6.06. The molecule has 9 nitrogen and oxygen atoms in total. The molecule has 4 rings (SSSR count). The van der Waals surface area contributed by atoms with Gasteiger partial charge in [-0.2, -0.15) is 15.6 Å². The first kappa shape index (κ1) is 23.7. The van der Waals surface area contributed by atoms with Crippen LogP contribution in [0.2, 0.25) is 0 Å². The van der Waals surface area contributed by atoms with Crippen LogP contribution >= 0.6 is 0 Å². The van der Waals surface area contributed by atoms with Gasteiger partial charge in [0.1, 0.15) is 35.0 Å². The Morgan fingerprint density at radius 1 is 1.26 bits per heavy atom. The lowest BCUT2D eigenvalue weighted by atomic mass is 10.0. The average Bonchev–Trinajstić information content (AvgIpc) is 3.28. The Bertz CT molecular complexity index is 1370. The second-order valence-corrected chi connectivity index (χ2v) is 8.32. The number of fused-ring (bicyclic) bond motifs is 1. The second-order valence-electron chi connectivity index (χ2n) is 8.32. The number of likely N-dealkylation sites (tertiary alicyclic amines) is 1. The number of aliphatic imine (C=N–C) groups is 1. The largest absolute Gasteiger partial charge is 0.471 e. The Balaban J connectivity index is 1.70. The first-order valence-corrected chi connectivity index (χ1v) is 11.3. The number of piperidine rings is 1. The van der Waals surface area contributed by atoms with Crippen LogP contribution in [-0.2, 0) is 0 Å². The molecular formula is C25H25FN8O. The Morgan fingerprint density at radius 2 is 2.00 bits per heavy atom. The van der Waals surface area contributed by atoms with Gasteiger partial charge < -0.3 is 15.5 Å². The number of hydrogen-bond acceptors (Lipinski definition) is 8. The first-order valence-electron chi connectivity index (χ1n) is 11.3. The summed E-state index contributed by atoms with van der Waals surface area (Å²) < 4.78 is 22.1. The van der Waals surface area contributed by atoms with E-state index < -0.39 is 6.10 Å². The number of pyridine rings is 1. The molecule has 178 valence electrons. The van der Waals surface area contributed by atoms with Crippen LogP contribution in [-0.4, -0.2) is 44.8 Å². The number of ether oxygens (including phenoxy) is 1. The number of hydrogen-bond donors (Lipinski definition) is 1. The van der Waals surface area contributed by atoms with E-state index in [0.717, 1.165) is 12.8 Å². The molecule has 1 aromatic carbocycles. The lowest BCUT2D eigenvalue weighted by molar-refractivity contribution is 0.209. The molecule has 1 fully saturated rings. The second kappa shape index (κ2) is 10.2. The monoisotopic (exact) mass is 472 g/mol. The molecule has 0 saturated carbocycles. The number of imidazole rings is 1. The van der Waals surface area contributed by atoms with E-state index in [0.29, 0.717) is 47.2 Å². The van der Waals surface area contributed by atoms with Crippen molar-refractivity contribution < 1.29 is 9.13 Å². The van der Waals surface area contributed by atoms with E-state index in [1.165, 1.54) is 12.3 Å². The van der Waals surface area contributed by atoms with Crippen LogP contribution in [0.25, 0.3) is 5.65 Å². The number of nitriles is 2. The van der Waals surface area contributed by atoms with Crippen molar-refractivity contribution in [2.75, 3.05) is 13.1 Å². The molecule has 0 bridgehead atoms. The molecule has 1 saturated heterocycles. The van der Waals surface area contributed by atoms with Crippen LogP contribution in [0.5, 0.6) is 5.88 Å². The summed E-state index contributed by atoms with van der Waals surface area (Å²) in [5.41, 5.74) is 2.85. The van der Waals surface area contributed by atoms with E-state index in [1.54, 1.807) is 46.6 Å². The lowest BCUT2D eigenvalue weighted by Gasteiger charge is -2.26. The fraction of sp³-hybridized carbons (Fsp3) is 0.320. The van der Waals surface area contributed by atoms with Gasteiger partial charge in [0.2, 0.25) is 5.88 Å². The lowest BCUT2D eigenvalue weighted by Crippen LogP contribution is -2.32. The zero-order valence-electron chi connectivity index (χ0n) is 19.5. The van der Waals surface area contributed by atoms with Gasteiger partial charge in [-0.1, -0.05) is 18.2 Å². The van der Waals surface area contributed by atoms with Gasteiger partial charge in [0, 0.05) is 30.3 Å². The molecule has 1 unspecified atom stereocenters. The van der Waals surface area contributed by atoms with Crippen molar-refractivity contribution in [2.24, 2.45) is 15.9 Å². The molecule has 10 heteroatoms. The van der Waals surface area contributed by atoms with Crippen molar-refractivity contribution in [3.8, 4) is 18.1 Å². The molecule has 0 radical (unpaired) electrons. The van der Waals surface area contributed by atoms with Crippen molar-refractivity contribution in [1.82, 2.24) is 14.3 Å². The molecule has 35 heavy (non-hydrogen) atoms. The highest BCUT2D eigenvalue weighted by Gasteiger charge is 2.21. The molecular weight excluding hydrogens is 447 g/mol. The van der Waals surface area contributed by atoms with Crippen LogP contribution in [0.4, 0.5) is 4.39 Å². The zero-order chi connectivity index (χ0) is 24.9. The normalized spacial score (nSPS) is 16.1. The SMILES string of the molecule is CC(=NC1CCN(C#N)CC1)/C(=N\N)c1cc(OC(C)c2ccccc2F)n2c(C#N)cnc2c1. The van der Waals surface area contributed by atoms with Crippen molar-refractivity contribution in [1.29, 1.82) is 10.5 Å². The number of halogens is 1. The minimum atomic E-state index is -0.637.